The first kappa shape index (κ1) is 13.6. The SMILES string of the molecule is O=Cc1ccc([O-])c(S(=O)(=O)O)c1.[Na+]. The van der Waals surface area contributed by atoms with Gasteiger partial charge in [-0.1, -0.05) is 17.9 Å². The molecule has 0 aliphatic heterocycles. The van der Waals surface area contributed by atoms with Crippen LogP contribution in [0, 0.1) is 0 Å². The molecule has 1 aromatic carbocycles. The second-order valence-electron chi connectivity index (χ2n) is 2.30. The van der Waals surface area contributed by atoms with E-state index in [0.717, 1.165) is 12.1 Å². The maximum Gasteiger partial charge on any atom is 1.00 e. The topological polar surface area (TPSA) is 94.5 Å². The summed E-state index contributed by atoms with van der Waals surface area (Å²) < 4.78 is 29.7. The molecule has 0 saturated carbocycles. The Bertz CT molecular complexity index is 439. The summed E-state index contributed by atoms with van der Waals surface area (Å²) in [6.45, 7) is 0. The smallest absolute Gasteiger partial charge is 0.872 e. The summed E-state index contributed by atoms with van der Waals surface area (Å²) in [5.41, 5.74) is 0.0206. The molecule has 0 radical (unpaired) electrons. The van der Waals surface area contributed by atoms with Gasteiger partial charge in [-0.15, -0.1) is 0 Å². The molecule has 0 fully saturated rings. The van der Waals surface area contributed by atoms with E-state index in [9.17, 15) is 18.3 Å². The minimum absolute atomic E-state index is 0. The van der Waals surface area contributed by atoms with Crippen LogP contribution in [-0.4, -0.2) is 19.3 Å². The van der Waals surface area contributed by atoms with Crippen LogP contribution in [0.3, 0.4) is 0 Å². The van der Waals surface area contributed by atoms with E-state index in [1.807, 2.05) is 0 Å². The molecule has 0 aliphatic rings. The molecular weight excluding hydrogens is 219 g/mol. The second-order valence-corrected chi connectivity index (χ2v) is 3.69. The summed E-state index contributed by atoms with van der Waals surface area (Å²) in [7, 11) is -4.54. The van der Waals surface area contributed by atoms with Crippen LogP contribution < -0.4 is 34.7 Å². The number of hydrogen-bond donors (Lipinski definition) is 1. The zero-order chi connectivity index (χ0) is 10.1. The van der Waals surface area contributed by atoms with Gasteiger partial charge in [-0.25, -0.2) is 0 Å². The van der Waals surface area contributed by atoms with Gasteiger partial charge in [0, 0.05) is 5.56 Å². The van der Waals surface area contributed by atoms with Crippen molar-refractivity contribution < 1.29 is 52.4 Å². The number of carbonyl (C=O) groups excluding carboxylic acids is 1. The molecule has 0 saturated heterocycles. The van der Waals surface area contributed by atoms with E-state index in [-0.39, 0.29) is 35.1 Å². The molecule has 1 rings (SSSR count). The van der Waals surface area contributed by atoms with Gasteiger partial charge in [0.15, 0.2) is 0 Å². The molecule has 5 nitrogen and oxygen atoms in total. The fourth-order valence-electron chi connectivity index (χ4n) is 0.800. The molecule has 0 heterocycles. The first-order valence-electron chi connectivity index (χ1n) is 3.19. The first-order valence-corrected chi connectivity index (χ1v) is 4.63. The molecule has 0 aromatic heterocycles. The maximum atomic E-state index is 10.9. The summed E-state index contributed by atoms with van der Waals surface area (Å²) in [6, 6.07) is 2.90. The van der Waals surface area contributed by atoms with E-state index in [0.29, 0.717) is 6.29 Å². The Morgan fingerprint density at radius 2 is 1.93 bits per heavy atom. The summed E-state index contributed by atoms with van der Waals surface area (Å²) in [6.07, 6.45) is 0.383. The van der Waals surface area contributed by atoms with Crippen LogP contribution in [0.4, 0.5) is 0 Å². The van der Waals surface area contributed by atoms with Gasteiger partial charge in [0.2, 0.25) is 0 Å². The van der Waals surface area contributed by atoms with Crippen molar-refractivity contribution >= 4 is 16.4 Å². The number of aldehydes is 1. The first-order chi connectivity index (χ1) is 5.95. The van der Waals surface area contributed by atoms with E-state index >= 15 is 0 Å². The van der Waals surface area contributed by atoms with Crippen molar-refractivity contribution in [3.63, 3.8) is 0 Å². The zero-order valence-corrected chi connectivity index (χ0v) is 10.1. The van der Waals surface area contributed by atoms with Gasteiger partial charge in [0.05, 0.1) is 4.90 Å². The second kappa shape index (κ2) is 4.90. The van der Waals surface area contributed by atoms with E-state index < -0.39 is 20.8 Å². The Morgan fingerprint density at radius 1 is 1.36 bits per heavy atom. The quantitative estimate of drug-likeness (QED) is 0.325. The van der Waals surface area contributed by atoms with Gasteiger partial charge >= 0.3 is 29.6 Å². The minimum Gasteiger partial charge on any atom is -0.872 e. The number of rotatable bonds is 2. The minimum atomic E-state index is -4.54. The van der Waals surface area contributed by atoms with Crippen molar-refractivity contribution in [1.29, 1.82) is 0 Å². The van der Waals surface area contributed by atoms with Crippen molar-refractivity contribution in [3.05, 3.63) is 23.8 Å². The molecule has 0 unspecified atom stereocenters. The van der Waals surface area contributed by atoms with Gasteiger partial charge in [-0.05, 0) is 6.07 Å². The molecule has 14 heavy (non-hydrogen) atoms. The Balaban J connectivity index is 0.00000169. The molecule has 0 atom stereocenters. The van der Waals surface area contributed by atoms with Gasteiger partial charge < -0.3 is 5.11 Å². The van der Waals surface area contributed by atoms with Gasteiger partial charge in [-0.3, -0.25) is 9.35 Å². The Hall–Kier alpha value is -0.400. The molecular formula is C7H5NaO5S. The van der Waals surface area contributed by atoms with Crippen LogP contribution >= 0.6 is 0 Å². The van der Waals surface area contributed by atoms with Gasteiger partial charge in [-0.2, -0.15) is 8.42 Å². The van der Waals surface area contributed by atoms with Gasteiger partial charge in [0.1, 0.15) is 6.29 Å². The fourth-order valence-corrected chi connectivity index (χ4v) is 1.41. The third-order valence-electron chi connectivity index (χ3n) is 1.38. The molecule has 0 bridgehead atoms. The third kappa shape index (κ3) is 3.07. The Labute approximate surface area is 103 Å². The third-order valence-corrected chi connectivity index (χ3v) is 2.26. The Morgan fingerprint density at radius 3 is 2.36 bits per heavy atom. The molecule has 0 spiro atoms. The molecule has 0 amide bonds. The summed E-state index contributed by atoms with van der Waals surface area (Å²) in [4.78, 5) is 9.44. The van der Waals surface area contributed by atoms with Crippen molar-refractivity contribution in [2.24, 2.45) is 0 Å². The van der Waals surface area contributed by atoms with Gasteiger partial charge in [0.25, 0.3) is 10.1 Å². The average molecular weight is 224 g/mol. The van der Waals surface area contributed by atoms with Crippen molar-refractivity contribution in [2.45, 2.75) is 4.90 Å². The standard InChI is InChI=1S/C7H6O5S.Na/c8-4-5-1-2-6(9)7(3-5)13(10,11)12;/h1-4,9H,(H,10,11,12);/q;+1/p-1. The molecule has 70 valence electrons. The number of carbonyl (C=O) groups is 1. The van der Waals surface area contributed by atoms with Crippen LogP contribution in [-0.2, 0) is 10.1 Å². The van der Waals surface area contributed by atoms with Crippen molar-refractivity contribution in [1.82, 2.24) is 0 Å². The molecule has 1 aromatic rings. The van der Waals surface area contributed by atoms with Crippen molar-refractivity contribution in [3.8, 4) is 5.75 Å². The number of hydrogen-bond acceptors (Lipinski definition) is 4. The number of benzene rings is 1. The maximum absolute atomic E-state index is 10.9. The fraction of sp³-hybridized carbons (Fsp3) is 0. The van der Waals surface area contributed by atoms with E-state index in [1.54, 1.807) is 0 Å². The van der Waals surface area contributed by atoms with E-state index in [2.05, 4.69) is 0 Å². The average Bonchev–Trinajstić information content (AvgIpc) is 2.03. The zero-order valence-electron chi connectivity index (χ0n) is 7.30. The van der Waals surface area contributed by atoms with Crippen LogP contribution in [0.1, 0.15) is 10.4 Å². The van der Waals surface area contributed by atoms with Crippen LogP contribution in [0.2, 0.25) is 0 Å². The predicted molar refractivity (Wildman–Crippen MR) is 41.1 cm³/mol. The summed E-state index contributed by atoms with van der Waals surface area (Å²) in [5.74, 6) is -0.840. The largest absolute Gasteiger partial charge is 1.00 e. The van der Waals surface area contributed by atoms with E-state index in [4.69, 9.17) is 4.55 Å². The monoisotopic (exact) mass is 224 g/mol. The summed E-state index contributed by atoms with van der Waals surface area (Å²) >= 11 is 0. The van der Waals surface area contributed by atoms with Crippen molar-refractivity contribution in [2.75, 3.05) is 0 Å². The van der Waals surface area contributed by atoms with Crippen LogP contribution in [0.25, 0.3) is 0 Å². The van der Waals surface area contributed by atoms with Crippen LogP contribution in [0.5, 0.6) is 5.75 Å². The van der Waals surface area contributed by atoms with Crippen LogP contribution in [0.15, 0.2) is 23.1 Å². The molecule has 1 N–H and O–H groups in total. The Kier molecular flexibility index (Phi) is 4.76. The summed E-state index contributed by atoms with van der Waals surface area (Å²) in [5, 5.41) is 10.9. The normalized spacial score (nSPS) is 10.4. The van der Waals surface area contributed by atoms with E-state index in [1.165, 1.54) is 6.07 Å². The molecule has 0 aliphatic carbocycles. The predicted octanol–water partition coefficient (Wildman–Crippen LogP) is -3.18. The molecule has 7 heteroatoms.